The monoisotopic (exact) mass is 297 g/mol. The van der Waals surface area contributed by atoms with E-state index >= 15 is 0 Å². The molecule has 0 amide bonds. The van der Waals surface area contributed by atoms with Crippen molar-refractivity contribution in [3.05, 3.63) is 29.8 Å². The van der Waals surface area contributed by atoms with E-state index in [9.17, 15) is 17.2 Å². The maximum Gasteiger partial charge on any atom is 0.244 e. The van der Waals surface area contributed by atoms with Crippen molar-refractivity contribution in [2.45, 2.75) is 30.7 Å². The van der Waals surface area contributed by atoms with Crippen LogP contribution in [0.1, 0.15) is 20.3 Å². The summed E-state index contributed by atoms with van der Waals surface area (Å²) < 4.78 is 52.6. The van der Waals surface area contributed by atoms with Crippen LogP contribution in [0.4, 0.5) is 8.78 Å². The van der Waals surface area contributed by atoms with Gasteiger partial charge in [0.15, 0.2) is 0 Å². The van der Waals surface area contributed by atoms with Crippen molar-refractivity contribution in [1.82, 2.24) is 4.72 Å². The first-order valence-electron chi connectivity index (χ1n) is 5.23. The van der Waals surface area contributed by atoms with E-state index in [1.165, 1.54) is 0 Å². The molecule has 0 heterocycles. The minimum Gasteiger partial charge on any atom is -0.207 e. The van der Waals surface area contributed by atoms with Crippen molar-refractivity contribution in [2.24, 2.45) is 0 Å². The van der Waals surface area contributed by atoms with Crippen LogP contribution < -0.4 is 4.72 Å². The number of rotatable bonds is 5. The molecule has 102 valence electrons. The molecule has 0 atom stereocenters. The van der Waals surface area contributed by atoms with Gasteiger partial charge >= 0.3 is 0 Å². The summed E-state index contributed by atoms with van der Waals surface area (Å²) in [5, 5.41) is 0. The van der Waals surface area contributed by atoms with Crippen LogP contribution in [0.5, 0.6) is 0 Å². The molecule has 1 aromatic rings. The fraction of sp³-hybridized carbons (Fsp3) is 0.455. The van der Waals surface area contributed by atoms with Crippen LogP contribution in [0.25, 0.3) is 0 Å². The molecule has 18 heavy (non-hydrogen) atoms. The van der Waals surface area contributed by atoms with E-state index < -0.39 is 32.1 Å². The highest BCUT2D eigenvalue weighted by Gasteiger charge is 2.28. The molecule has 1 rings (SSSR count). The molecular weight excluding hydrogens is 284 g/mol. The van der Waals surface area contributed by atoms with E-state index in [1.54, 1.807) is 13.8 Å². The Morgan fingerprint density at radius 1 is 1.33 bits per heavy atom. The van der Waals surface area contributed by atoms with Gasteiger partial charge in [0.2, 0.25) is 10.0 Å². The average molecular weight is 298 g/mol. The predicted molar refractivity (Wildman–Crippen MR) is 66.1 cm³/mol. The second-order valence-electron chi connectivity index (χ2n) is 4.50. The predicted octanol–water partition coefficient (Wildman–Crippen LogP) is 2.65. The van der Waals surface area contributed by atoms with Crippen LogP contribution in [0.3, 0.4) is 0 Å². The highest BCUT2D eigenvalue weighted by molar-refractivity contribution is 7.89. The molecule has 0 radical (unpaired) electrons. The molecule has 0 bridgehead atoms. The maximum absolute atomic E-state index is 13.4. The van der Waals surface area contributed by atoms with Crippen molar-refractivity contribution >= 4 is 21.6 Å². The van der Waals surface area contributed by atoms with Gasteiger partial charge in [-0.1, -0.05) is 0 Å². The average Bonchev–Trinajstić information content (AvgIpc) is 2.19. The van der Waals surface area contributed by atoms with Crippen LogP contribution >= 0.6 is 11.6 Å². The number of hydrogen-bond acceptors (Lipinski definition) is 2. The molecule has 0 unspecified atom stereocenters. The van der Waals surface area contributed by atoms with Crippen molar-refractivity contribution in [2.75, 3.05) is 5.88 Å². The summed E-state index contributed by atoms with van der Waals surface area (Å²) in [6.45, 7) is 3.23. The fourth-order valence-electron chi connectivity index (χ4n) is 1.39. The highest BCUT2D eigenvalue weighted by atomic mass is 35.5. The molecule has 0 aromatic heterocycles. The zero-order chi connectivity index (χ0) is 14.0. The topological polar surface area (TPSA) is 46.2 Å². The van der Waals surface area contributed by atoms with Gasteiger partial charge in [0.1, 0.15) is 16.5 Å². The first-order chi connectivity index (χ1) is 8.18. The number of nitrogens with one attached hydrogen (secondary N) is 1. The zero-order valence-electron chi connectivity index (χ0n) is 10.0. The Kier molecular flexibility index (Phi) is 4.69. The van der Waals surface area contributed by atoms with Crippen LogP contribution in [0.15, 0.2) is 23.1 Å². The minimum absolute atomic E-state index is 0.251. The van der Waals surface area contributed by atoms with Gasteiger partial charge in [0, 0.05) is 11.4 Å². The zero-order valence-corrected chi connectivity index (χ0v) is 11.6. The molecule has 0 aliphatic rings. The number of hydrogen-bond donors (Lipinski definition) is 1. The molecule has 0 fully saturated rings. The van der Waals surface area contributed by atoms with Crippen molar-refractivity contribution < 1.29 is 17.2 Å². The Hall–Kier alpha value is -0.720. The molecule has 1 N–H and O–H groups in total. The Bertz CT molecular complexity index is 532. The lowest BCUT2D eigenvalue weighted by molar-refractivity contribution is 0.439. The molecule has 0 spiro atoms. The minimum atomic E-state index is -4.12. The second kappa shape index (κ2) is 5.50. The van der Waals surface area contributed by atoms with E-state index in [0.29, 0.717) is 12.5 Å². The Morgan fingerprint density at radius 3 is 2.50 bits per heavy atom. The van der Waals surface area contributed by atoms with Gasteiger partial charge in [-0.25, -0.2) is 21.9 Å². The van der Waals surface area contributed by atoms with Gasteiger partial charge < -0.3 is 0 Å². The van der Waals surface area contributed by atoms with Gasteiger partial charge in [0.25, 0.3) is 0 Å². The number of alkyl halides is 1. The van der Waals surface area contributed by atoms with Crippen LogP contribution in [0, 0.1) is 11.6 Å². The lowest BCUT2D eigenvalue weighted by atomic mass is 10.0. The summed E-state index contributed by atoms with van der Waals surface area (Å²) in [6.07, 6.45) is 0.366. The molecule has 0 aliphatic carbocycles. The summed E-state index contributed by atoms with van der Waals surface area (Å²) in [4.78, 5) is -0.704. The van der Waals surface area contributed by atoms with Crippen LogP contribution in [-0.2, 0) is 10.0 Å². The van der Waals surface area contributed by atoms with Crippen LogP contribution in [-0.4, -0.2) is 19.8 Å². The molecule has 0 saturated heterocycles. The molecule has 1 aromatic carbocycles. The summed E-state index contributed by atoms with van der Waals surface area (Å²) in [5.74, 6) is -1.56. The highest BCUT2D eigenvalue weighted by Crippen LogP contribution is 2.19. The van der Waals surface area contributed by atoms with Crippen molar-refractivity contribution in [3.8, 4) is 0 Å². The number of sulfonamides is 1. The SMILES string of the molecule is CC(C)(CCCl)NS(=O)(=O)c1cc(F)ccc1F. The largest absolute Gasteiger partial charge is 0.244 e. The van der Waals surface area contributed by atoms with E-state index in [2.05, 4.69) is 4.72 Å². The number of halogens is 3. The third-order valence-electron chi connectivity index (χ3n) is 2.31. The van der Waals surface area contributed by atoms with Gasteiger partial charge in [-0.2, -0.15) is 0 Å². The lowest BCUT2D eigenvalue weighted by Gasteiger charge is -2.25. The normalized spacial score (nSPS) is 12.7. The van der Waals surface area contributed by atoms with Crippen molar-refractivity contribution in [3.63, 3.8) is 0 Å². The standard InChI is InChI=1S/C11H14ClF2NO2S/c1-11(2,5-6-12)15-18(16,17)10-7-8(13)3-4-9(10)14/h3-4,7,15H,5-6H2,1-2H3. The molecule has 0 saturated carbocycles. The van der Waals surface area contributed by atoms with Gasteiger partial charge in [0.05, 0.1) is 0 Å². The first-order valence-corrected chi connectivity index (χ1v) is 7.25. The first kappa shape index (κ1) is 15.3. The Labute approximate surface area is 110 Å². The van der Waals surface area contributed by atoms with Gasteiger partial charge in [-0.15, -0.1) is 11.6 Å². The summed E-state index contributed by atoms with van der Waals surface area (Å²) >= 11 is 5.55. The summed E-state index contributed by atoms with van der Waals surface area (Å²) in [6, 6.07) is 2.28. The Morgan fingerprint density at radius 2 is 1.94 bits per heavy atom. The quantitative estimate of drug-likeness (QED) is 0.849. The van der Waals surface area contributed by atoms with Crippen molar-refractivity contribution in [1.29, 1.82) is 0 Å². The molecule has 7 heteroatoms. The molecule has 0 aliphatic heterocycles. The summed E-state index contributed by atoms with van der Waals surface area (Å²) in [5.41, 5.74) is -0.834. The Balaban J connectivity index is 3.11. The molecular formula is C11H14ClF2NO2S. The van der Waals surface area contributed by atoms with E-state index in [-0.39, 0.29) is 5.88 Å². The third kappa shape index (κ3) is 3.90. The lowest BCUT2D eigenvalue weighted by Crippen LogP contribution is -2.43. The maximum atomic E-state index is 13.4. The van der Waals surface area contributed by atoms with E-state index in [1.807, 2.05) is 0 Å². The number of benzene rings is 1. The van der Waals surface area contributed by atoms with Crippen LogP contribution in [0.2, 0.25) is 0 Å². The molecule has 3 nitrogen and oxygen atoms in total. The van der Waals surface area contributed by atoms with Gasteiger partial charge in [-0.3, -0.25) is 0 Å². The van der Waals surface area contributed by atoms with E-state index in [0.717, 1.165) is 12.1 Å². The third-order valence-corrected chi connectivity index (χ3v) is 4.22. The van der Waals surface area contributed by atoms with Gasteiger partial charge in [-0.05, 0) is 38.5 Å². The van der Waals surface area contributed by atoms with E-state index in [4.69, 9.17) is 11.6 Å². The fourth-order valence-corrected chi connectivity index (χ4v) is 3.39. The smallest absolute Gasteiger partial charge is 0.207 e. The summed E-state index contributed by atoms with van der Waals surface area (Å²) in [7, 11) is -4.12. The second-order valence-corrected chi connectivity index (χ2v) is 6.53.